The zero-order valence-corrected chi connectivity index (χ0v) is 38.4. The maximum atomic E-state index is 12.8. The van der Waals surface area contributed by atoms with E-state index in [1.165, 1.54) is 109 Å². The van der Waals surface area contributed by atoms with E-state index in [1.54, 1.807) is 0 Å². The number of carbonyl (C=O) groups excluding carboxylic acids is 2. The number of aliphatic hydroxyl groups is 3. The predicted octanol–water partition coefficient (Wildman–Crippen LogP) is 10.0. The number of rotatable bonds is 40. The van der Waals surface area contributed by atoms with Crippen LogP contribution in [0.1, 0.15) is 206 Å². The van der Waals surface area contributed by atoms with E-state index in [2.05, 4.69) is 38.2 Å². The van der Waals surface area contributed by atoms with Crippen LogP contribution in [0.4, 0.5) is 0 Å². The Morgan fingerprint density at radius 1 is 0.550 bits per heavy atom. The quantitative estimate of drug-likeness (QED) is 0.0198. The van der Waals surface area contributed by atoms with Crippen molar-refractivity contribution in [2.24, 2.45) is 0 Å². The SMILES string of the molecule is CCCC/C=C\CCCCCCCC(=O)OCC(COC1OC(CS(=O)(=O)O)C(O)C(O)C1O)OC(=O)CCCCCCCCCCC/C=C\CCCCCCCCCC. The molecular formula is C47H86O12S. The van der Waals surface area contributed by atoms with Crippen LogP contribution in [0.3, 0.4) is 0 Å². The molecule has 1 heterocycles. The van der Waals surface area contributed by atoms with Gasteiger partial charge in [-0.25, -0.2) is 0 Å². The Morgan fingerprint density at radius 3 is 1.43 bits per heavy atom. The molecule has 6 unspecified atom stereocenters. The second-order valence-corrected chi connectivity index (χ2v) is 18.3. The van der Waals surface area contributed by atoms with Crippen molar-refractivity contribution >= 4 is 22.1 Å². The van der Waals surface area contributed by atoms with Crippen molar-refractivity contribution in [2.75, 3.05) is 19.0 Å². The summed E-state index contributed by atoms with van der Waals surface area (Å²) in [5, 5.41) is 30.9. The summed E-state index contributed by atoms with van der Waals surface area (Å²) in [6.45, 7) is 3.72. The highest BCUT2D eigenvalue weighted by molar-refractivity contribution is 7.85. The molecule has 0 saturated carbocycles. The van der Waals surface area contributed by atoms with Crippen LogP contribution >= 0.6 is 0 Å². The highest BCUT2D eigenvalue weighted by Gasteiger charge is 2.46. The van der Waals surface area contributed by atoms with Crippen LogP contribution in [0.5, 0.6) is 0 Å². The number of esters is 2. The summed E-state index contributed by atoms with van der Waals surface area (Å²) in [5.41, 5.74) is 0. The topological polar surface area (TPSA) is 186 Å². The lowest BCUT2D eigenvalue weighted by Crippen LogP contribution is -2.60. The van der Waals surface area contributed by atoms with Crippen molar-refractivity contribution in [3.8, 4) is 0 Å². The molecule has 0 aliphatic carbocycles. The first-order valence-corrected chi connectivity index (χ1v) is 25.5. The van der Waals surface area contributed by atoms with Crippen molar-refractivity contribution in [3.63, 3.8) is 0 Å². The van der Waals surface area contributed by atoms with Crippen molar-refractivity contribution in [1.29, 1.82) is 0 Å². The van der Waals surface area contributed by atoms with Crippen LogP contribution in [-0.2, 0) is 38.7 Å². The van der Waals surface area contributed by atoms with Gasteiger partial charge in [-0.15, -0.1) is 0 Å². The number of hydrogen-bond donors (Lipinski definition) is 4. The van der Waals surface area contributed by atoms with Gasteiger partial charge in [-0.3, -0.25) is 14.1 Å². The minimum Gasteiger partial charge on any atom is -0.462 e. The molecule has 12 nitrogen and oxygen atoms in total. The van der Waals surface area contributed by atoms with E-state index in [0.29, 0.717) is 12.8 Å². The van der Waals surface area contributed by atoms with Crippen LogP contribution < -0.4 is 0 Å². The molecule has 0 bridgehead atoms. The van der Waals surface area contributed by atoms with Crippen molar-refractivity contribution in [1.82, 2.24) is 0 Å². The van der Waals surface area contributed by atoms with Crippen molar-refractivity contribution in [3.05, 3.63) is 24.3 Å². The van der Waals surface area contributed by atoms with E-state index in [1.807, 2.05) is 0 Å². The molecule has 1 saturated heterocycles. The van der Waals surface area contributed by atoms with E-state index < -0.39 is 71.2 Å². The Hall–Kier alpha value is -1.87. The zero-order chi connectivity index (χ0) is 44.1. The smallest absolute Gasteiger partial charge is 0.306 e. The lowest BCUT2D eigenvalue weighted by atomic mass is 10.00. The Balaban J connectivity index is 2.38. The molecule has 13 heteroatoms. The fraction of sp³-hybridized carbons (Fsp3) is 0.872. The van der Waals surface area contributed by atoms with Gasteiger partial charge in [0.25, 0.3) is 10.1 Å². The maximum absolute atomic E-state index is 12.8. The average molecular weight is 875 g/mol. The molecule has 0 radical (unpaired) electrons. The van der Waals surface area contributed by atoms with Gasteiger partial charge in [0.1, 0.15) is 36.8 Å². The molecule has 1 fully saturated rings. The van der Waals surface area contributed by atoms with Gasteiger partial charge in [-0.1, -0.05) is 160 Å². The summed E-state index contributed by atoms with van der Waals surface area (Å²) in [6, 6.07) is 0. The van der Waals surface area contributed by atoms with Crippen LogP contribution in [0.25, 0.3) is 0 Å². The third-order valence-electron chi connectivity index (χ3n) is 11.0. The van der Waals surface area contributed by atoms with E-state index in [-0.39, 0.29) is 19.4 Å². The average Bonchev–Trinajstić information content (AvgIpc) is 3.21. The summed E-state index contributed by atoms with van der Waals surface area (Å²) in [6.07, 6.45) is 32.3. The van der Waals surface area contributed by atoms with Crippen LogP contribution in [-0.4, -0.2) is 96.0 Å². The molecule has 0 aromatic heterocycles. The van der Waals surface area contributed by atoms with Crippen molar-refractivity contribution in [2.45, 2.75) is 243 Å². The molecule has 352 valence electrons. The Bertz CT molecular complexity index is 1210. The van der Waals surface area contributed by atoms with Crippen molar-refractivity contribution < 1.29 is 56.8 Å². The summed E-state index contributed by atoms with van der Waals surface area (Å²) >= 11 is 0. The largest absolute Gasteiger partial charge is 0.462 e. The van der Waals surface area contributed by atoms with Crippen LogP contribution in [0, 0.1) is 0 Å². The first-order valence-electron chi connectivity index (χ1n) is 23.9. The third kappa shape index (κ3) is 31.9. The van der Waals surface area contributed by atoms with Gasteiger partial charge in [0, 0.05) is 12.8 Å². The maximum Gasteiger partial charge on any atom is 0.306 e. The molecule has 0 spiro atoms. The monoisotopic (exact) mass is 875 g/mol. The minimum absolute atomic E-state index is 0.162. The van der Waals surface area contributed by atoms with Gasteiger partial charge in [-0.05, 0) is 57.8 Å². The van der Waals surface area contributed by atoms with E-state index in [4.69, 9.17) is 18.9 Å². The predicted molar refractivity (Wildman–Crippen MR) is 238 cm³/mol. The van der Waals surface area contributed by atoms with Crippen LogP contribution in [0.2, 0.25) is 0 Å². The number of carbonyl (C=O) groups is 2. The van der Waals surface area contributed by atoms with E-state index in [0.717, 1.165) is 57.8 Å². The van der Waals surface area contributed by atoms with Gasteiger partial charge in [0.2, 0.25) is 0 Å². The lowest BCUT2D eigenvalue weighted by molar-refractivity contribution is -0.297. The second kappa shape index (κ2) is 37.7. The Kier molecular flexibility index (Phi) is 35.2. The normalized spacial score (nSPS) is 20.3. The highest BCUT2D eigenvalue weighted by atomic mass is 32.2. The molecule has 0 aromatic carbocycles. The standard InChI is InChI=1S/C47H86O12S/c1-3-5-7-9-11-13-15-16-17-18-19-20-21-22-23-24-26-28-30-32-34-36-43(49)58-40(37-56-42(48)35-33-31-29-27-25-14-12-10-8-6-4-2)38-57-47-46(52)45(51)44(50)41(59-47)39-60(53,54)55/h10,12,18-19,40-41,44-47,50-52H,3-9,11,13-17,20-39H2,1-2H3,(H,53,54,55)/b12-10-,19-18-. The number of allylic oxidation sites excluding steroid dienone is 4. The second-order valence-electron chi connectivity index (χ2n) is 16.8. The fourth-order valence-electron chi connectivity index (χ4n) is 7.24. The first kappa shape index (κ1) is 56.1. The van der Waals surface area contributed by atoms with Gasteiger partial charge < -0.3 is 34.3 Å². The summed E-state index contributed by atoms with van der Waals surface area (Å²) in [4.78, 5) is 25.4. The number of aliphatic hydroxyl groups excluding tert-OH is 3. The Morgan fingerprint density at radius 2 is 0.967 bits per heavy atom. The molecule has 0 amide bonds. The van der Waals surface area contributed by atoms with Gasteiger partial charge in [0.05, 0.1) is 6.61 Å². The van der Waals surface area contributed by atoms with Gasteiger partial charge in [0.15, 0.2) is 12.4 Å². The summed E-state index contributed by atoms with van der Waals surface area (Å²) in [7, 11) is -4.60. The van der Waals surface area contributed by atoms with E-state index >= 15 is 0 Å². The molecular weight excluding hydrogens is 789 g/mol. The van der Waals surface area contributed by atoms with Crippen LogP contribution in [0.15, 0.2) is 24.3 Å². The molecule has 4 N–H and O–H groups in total. The first-order chi connectivity index (χ1) is 29.0. The minimum atomic E-state index is -4.60. The molecule has 0 aromatic rings. The van der Waals surface area contributed by atoms with Gasteiger partial charge in [-0.2, -0.15) is 8.42 Å². The molecule has 6 atom stereocenters. The van der Waals surface area contributed by atoms with Gasteiger partial charge >= 0.3 is 11.9 Å². The number of hydrogen-bond acceptors (Lipinski definition) is 11. The number of ether oxygens (including phenoxy) is 4. The molecule has 1 aliphatic rings. The summed E-state index contributed by atoms with van der Waals surface area (Å²) < 4.78 is 54.1. The highest BCUT2D eigenvalue weighted by Crippen LogP contribution is 2.24. The Labute approximate surface area is 364 Å². The fourth-order valence-corrected chi connectivity index (χ4v) is 7.93. The van der Waals surface area contributed by atoms with E-state index in [9.17, 15) is 37.9 Å². The molecule has 60 heavy (non-hydrogen) atoms. The summed E-state index contributed by atoms with van der Waals surface area (Å²) in [5.74, 6) is -1.99. The lowest BCUT2D eigenvalue weighted by Gasteiger charge is -2.40. The third-order valence-corrected chi connectivity index (χ3v) is 11.8. The number of unbranched alkanes of at least 4 members (excludes halogenated alkanes) is 24. The zero-order valence-electron chi connectivity index (χ0n) is 37.6. The molecule has 1 aliphatic heterocycles. The molecule has 1 rings (SSSR count).